The van der Waals surface area contributed by atoms with Crippen molar-refractivity contribution < 1.29 is 17.7 Å². The Morgan fingerprint density at radius 1 is 1.50 bits per heavy atom. The smallest absolute Gasteiger partial charge is 0.227 e. The van der Waals surface area contributed by atoms with Crippen molar-refractivity contribution in [3.63, 3.8) is 0 Å². The molecular formula is C12H19N3O4S. The van der Waals surface area contributed by atoms with E-state index in [4.69, 9.17) is 4.52 Å². The van der Waals surface area contributed by atoms with E-state index in [1.807, 2.05) is 0 Å². The monoisotopic (exact) mass is 301 g/mol. The van der Waals surface area contributed by atoms with Gasteiger partial charge in [0.05, 0.1) is 17.9 Å². The topological polar surface area (TPSA) is 102 Å². The first-order valence-corrected chi connectivity index (χ1v) is 8.53. The van der Waals surface area contributed by atoms with Gasteiger partial charge in [-0.2, -0.15) is 4.98 Å². The van der Waals surface area contributed by atoms with Crippen molar-refractivity contribution in [2.45, 2.75) is 32.6 Å². The van der Waals surface area contributed by atoms with Crippen LogP contribution in [-0.2, 0) is 21.1 Å². The minimum absolute atomic E-state index is 0.106. The van der Waals surface area contributed by atoms with Crippen LogP contribution in [0.25, 0.3) is 0 Å². The van der Waals surface area contributed by atoms with Crippen molar-refractivity contribution in [2.75, 3.05) is 18.1 Å². The molecule has 20 heavy (non-hydrogen) atoms. The number of sulfone groups is 1. The van der Waals surface area contributed by atoms with Crippen LogP contribution >= 0.6 is 0 Å². The Morgan fingerprint density at radius 2 is 2.30 bits per heavy atom. The summed E-state index contributed by atoms with van der Waals surface area (Å²) < 4.78 is 27.4. The summed E-state index contributed by atoms with van der Waals surface area (Å²) >= 11 is 0. The van der Waals surface area contributed by atoms with Gasteiger partial charge in [-0.15, -0.1) is 0 Å². The second-order valence-corrected chi connectivity index (χ2v) is 7.40. The third-order valence-corrected chi connectivity index (χ3v) is 5.16. The van der Waals surface area contributed by atoms with Gasteiger partial charge in [-0.3, -0.25) is 4.79 Å². The summed E-state index contributed by atoms with van der Waals surface area (Å²) in [6.07, 6.45) is 2.48. The van der Waals surface area contributed by atoms with Crippen LogP contribution in [0.2, 0.25) is 0 Å². The molecule has 2 heterocycles. The fourth-order valence-electron chi connectivity index (χ4n) is 2.34. The fourth-order valence-corrected chi connectivity index (χ4v) is 4.25. The number of nitrogens with one attached hydrogen (secondary N) is 1. The molecule has 0 aliphatic carbocycles. The Bertz CT molecular complexity index is 567. The van der Waals surface area contributed by atoms with Crippen LogP contribution in [0.3, 0.4) is 0 Å². The predicted molar refractivity (Wildman–Crippen MR) is 71.7 cm³/mol. The van der Waals surface area contributed by atoms with Gasteiger partial charge in [0, 0.05) is 13.5 Å². The summed E-state index contributed by atoms with van der Waals surface area (Å²) in [6, 6.07) is 0. The first kappa shape index (κ1) is 15.0. The predicted octanol–water partition coefficient (Wildman–Crippen LogP) is 0.252. The summed E-state index contributed by atoms with van der Waals surface area (Å²) in [5, 5.41) is 6.42. The molecule has 1 fully saturated rings. The molecule has 7 nitrogen and oxygen atoms in total. The van der Waals surface area contributed by atoms with Gasteiger partial charge in [-0.05, 0) is 25.2 Å². The fraction of sp³-hybridized carbons (Fsp3) is 0.750. The number of carbonyl (C=O) groups excluding carboxylic acids is 1. The van der Waals surface area contributed by atoms with Crippen LogP contribution in [0.1, 0.15) is 31.0 Å². The third kappa shape index (κ3) is 4.59. The summed E-state index contributed by atoms with van der Waals surface area (Å²) in [5.74, 6) is 1.52. The molecule has 8 heteroatoms. The first-order valence-electron chi connectivity index (χ1n) is 6.71. The standard InChI is InChI=1S/C12H19N3O4S/c1-9-14-11(15-19-9)7-12(16)13-5-2-3-10-4-6-20(17,18)8-10/h10H,2-8H2,1H3,(H,13,16). The van der Waals surface area contributed by atoms with Crippen molar-refractivity contribution in [3.8, 4) is 0 Å². The van der Waals surface area contributed by atoms with Gasteiger partial charge in [0.1, 0.15) is 0 Å². The van der Waals surface area contributed by atoms with Crippen LogP contribution in [0.15, 0.2) is 4.52 Å². The molecule has 1 aromatic heterocycles. The van der Waals surface area contributed by atoms with Gasteiger partial charge < -0.3 is 9.84 Å². The first-order chi connectivity index (χ1) is 9.44. The summed E-state index contributed by atoms with van der Waals surface area (Å²) in [7, 11) is -2.80. The average Bonchev–Trinajstić information content (AvgIpc) is 2.91. The maximum Gasteiger partial charge on any atom is 0.227 e. The lowest BCUT2D eigenvalue weighted by Gasteiger charge is -2.07. The van der Waals surface area contributed by atoms with Crippen LogP contribution in [0, 0.1) is 12.8 Å². The maximum atomic E-state index is 11.6. The largest absolute Gasteiger partial charge is 0.356 e. The van der Waals surface area contributed by atoms with Gasteiger partial charge in [-0.25, -0.2) is 8.42 Å². The second kappa shape index (κ2) is 6.34. The summed E-state index contributed by atoms with van der Waals surface area (Å²) in [5.41, 5.74) is 0. The van der Waals surface area contributed by atoms with E-state index < -0.39 is 9.84 Å². The van der Waals surface area contributed by atoms with Crippen molar-refractivity contribution in [2.24, 2.45) is 5.92 Å². The number of hydrogen-bond acceptors (Lipinski definition) is 6. The van der Waals surface area contributed by atoms with Gasteiger partial charge in [0.25, 0.3) is 0 Å². The van der Waals surface area contributed by atoms with E-state index in [1.54, 1.807) is 6.92 Å². The Morgan fingerprint density at radius 3 is 2.90 bits per heavy atom. The molecule has 1 aromatic rings. The van der Waals surface area contributed by atoms with Gasteiger partial charge in [-0.1, -0.05) is 5.16 Å². The van der Waals surface area contributed by atoms with Crippen molar-refractivity contribution >= 4 is 15.7 Å². The molecule has 1 saturated heterocycles. The minimum Gasteiger partial charge on any atom is -0.356 e. The van der Waals surface area contributed by atoms with Crippen LogP contribution in [0.4, 0.5) is 0 Å². The van der Waals surface area contributed by atoms with Crippen LogP contribution < -0.4 is 5.32 Å². The molecule has 1 atom stereocenters. The van der Waals surface area contributed by atoms with E-state index in [9.17, 15) is 13.2 Å². The lowest BCUT2D eigenvalue weighted by molar-refractivity contribution is -0.120. The molecule has 1 unspecified atom stereocenters. The van der Waals surface area contributed by atoms with E-state index in [1.165, 1.54) is 0 Å². The highest BCUT2D eigenvalue weighted by atomic mass is 32.2. The number of aromatic nitrogens is 2. The number of rotatable bonds is 6. The van der Waals surface area contributed by atoms with Gasteiger partial charge in [0.2, 0.25) is 11.8 Å². The summed E-state index contributed by atoms with van der Waals surface area (Å²) in [4.78, 5) is 15.5. The number of nitrogens with zero attached hydrogens (tertiary/aromatic N) is 2. The molecule has 1 aliphatic rings. The normalized spacial score (nSPS) is 20.9. The molecular weight excluding hydrogens is 282 g/mol. The lowest BCUT2D eigenvalue weighted by Crippen LogP contribution is -2.26. The molecule has 0 spiro atoms. The Hall–Kier alpha value is -1.44. The molecule has 2 rings (SSSR count). The Kier molecular flexibility index (Phi) is 4.74. The molecule has 112 valence electrons. The van der Waals surface area contributed by atoms with Gasteiger partial charge >= 0.3 is 0 Å². The van der Waals surface area contributed by atoms with Crippen LogP contribution in [0.5, 0.6) is 0 Å². The van der Waals surface area contributed by atoms with E-state index in [0.29, 0.717) is 29.8 Å². The zero-order valence-corrected chi connectivity index (χ0v) is 12.3. The van der Waals surface area contributed by atoms with Crippen molar-refractivity contribution in [3.05, 3.63) is 11.7 Å². The van der Waals surface area contributed by atoms with E-state index in [0.717, 1.165) is 19.3 Å². The third-order valence-electron chi connectivity index (χ3n) is 3.33. The summed E-state index contributed by atoms with van der Waals surface area (Å²) in [6.45, 7) is 2.22. The molecule has 1 N–H and O–H groups in total. The van der Waals surface area contributed by atoms with Crippen molar-refractivity contribution in [1.29, 1.82) is 0 Å². The molecule has 0 radical (unpaired) electrons. The Labute approximate surface area is 118 Å². The quantitative estimate of drug-likeness (QED) is 0.756. The molecule has 0 bridgehead atoms. The molecule has 0 aromatic carbocycles. The molecule has 1 aliphatic heterocycles. The number of hydrogen-bond donors (Lipinski definition) is 1. The molecule has 1 amide bonds. The highest BCUT2D eigenvalue weighted by molar-refractivity contribution is 7.91. The second-order valence-electron chi connectivity index (χ2n) is 5.17. The average molecular weight is 301 g/mol. The van der Waals surface area contributed by atoms with Crippen LogP contribution in [-0.4, -0.2) is 42.5 Å². The number of amides is 1. The van der Waals surface area contributed by atoms with E-state index >= 15 is 0 Å². The van der Waals surface area contributed by atoms with Gasteiger partial charge in [0.15, 0.2) is 15.7 Å². The zero-order valence-electron chi connectivity index (χ0n) is 11.5. The van der Waals surface area contributed by atoms with E-state index in [2.05, 4.69) is 15.5 Å². The Balaban J connectivity index is 1.60. The SMILES string of the molecule is Cc1nc(CC(=O)NCCCC2CCS(=O)(=O)C2)no1. The number of carbonyl (C=O) groups is 1. The highest BCUT2D eigenvalue weighted by Gasteiger charge is 2.27. The number of aryl methyl sites for hydroxylation is 1. The highest BCUT2D eigenvalue weighted by Crippen LogP contribution is 2.22. The zero-order chi connectivity index (χ0) is 14.6. The maximum absolute atomic E-state index is 11.6. The lowest BCUT2D eigenvalue weighted by atomic mass is 10.0. The minimum atomic E-state index is -2.80. The van der Waals surface area contributed by atoms with Crippen molar-refractivity contribution in [1.82, 2.24) is 15.5 Å². The van der Waals surface area contributed by atoms with E-state index in [-0.39, 0.29) is 18.2 Å². The molecule has 0 saturated carbocycles.